The molecule has 35 heavy (non-hydrogen) atoms. The van der Waals surface area contributed by atoms with Gasteiger partial charge in [0.1, 0.15) is 0 Å². The molecule has 0 bridgehead atoms. The third-order valence-electron chi connectivity index (χ3n) is 11.9. The molecule has 5 aliphatic rings. The molecular formula is C31H44N2O2. The predicted molar refractivity (Wildman–Crippen MR) is 140 cm³/mol. The molecule has 1 N–H and O–H groups in total. The third kappa shape index (κ3) is 3.42. The number of nitrogens with zero attached hydrogens (tertiary/aromatic N) is 2. The fourth-order valence-corrected chi connectivity index (χ4v) is 9.92. The second-order valence-electron chi connectivity index (χ2n) is 13.0. The molecule has 4 aliphatic carbocycles. The molecule has 6 rings (SSSR count). The maximum atomic E-state index is 13.1. The maximum Gasteiger partial charge on any atom is 0.256 e. The van der Waals surface area contributed by atoms with Gasteiger partial charge in [-0.15, -0.1) is 0 Å². The van der Waals surface area contributed by atoms with Crippen LogP contribution in [0.3, 0.4) is 0 Å². The van der Waals surface area contributed by atoms with Crippen LogP contribution in [-0.2, 0) is 4.79 Å². The number of rotatable bonds is 3. The number of allylic oxidation sites excluding steroid dienone is 1. The number of fused-ring (bicyclic) bond motifs is 4. The van der Waals surface area contributed by atoms with Crippen LogP contribution in [0, 0.1) is 34.5 Å². The standard InChI is InChI=1S/C31H44N2O2/c1-20-25-12-13-27-24-11-10-22-18-23(33(4)29(35)28(34)21-8-6-5-7-9-21)14-16-30(22,2)26(24)15-17-31(25,27)19-32(20)3/h5-10,20,23-28,34H,11-19H2,1-4H3. The molecule has 1 aliphatic heterocycles. The topological polar surface area (TPSA) is 43.8 Å². The molecule has 3 saturated carbocycles. The summed E-state index contributed by atoms with van der Waals surface area (Å²) in [5, 5.41) is 10.7. The van der Waals surface area contributed by atoms with Crippen LogP contribution in [0.2, 0.25) is 0 Å². The number of hydrogen-bond donors (Lipinski definition) is 1. The first kappa shape index (κ1) is 23.7. The molecule has 1 saturated heterocycles. The summed E-state index contributed by atoms with van der Waals surface area (Å²) in [5.74, 6) is 3.28. The van der Waals surface area contributed by atoms with Gasteiger partial charge in [-0.1, -0.05) is 48.9 Å². The van der Waals surface area contributed by atoms with E-state index in [-0.39, 0.29) is 17.4 Å². The van der Waals surface area contributed by atoms with E-state index < -0.39 is 6.10 Å². The lowest BCUT2D eigenvalue weighted by Gasteiger charge is -2.58. The Bertz CT molecular complexity index is 1010. The van der Waals surface area contributed by atoms with Gasteiger partial charge in [0, 0.05) is 25.7 Å². The Morgan fingerprint density at radius 1 is 1.09 bits per heavy atom. The number of aliphatic hydroxyl groups excluding tert-OH is 1. The minimum absolute atomic E-state index is 0.171. The first-order valence-electron chi connectivity index (χ1n) is 14.2. The normalized spacial score (nSPS) is 43.4. The van der Waals surface area contributed by atoms with Crippen molar-refractivity contribution in [2.24, 2.45) is 34.5 Å². The molecule has 4 heteroatoms. The van der Waals surface area contributed by atoms with Crippen molar-refractivity contribution in [3.8, 4) is 0 Å². The van der Waals surface area contributed by atoms with Crippen LogP contribution in [0.15, 0.2) is 42.0 Å². The highest BCUT2D eigenvalue weighted by Crippen LogP contribution is 2.68. The van der Waals surface area contributed by atoms with E-state index in [1.54, 1.807) is 5.57 Å². The molecule has 190 valence electrons. The average molecular weight is 477 g/mol. The number of amides is 1. The smallest absolute Gasteiger partial charge is 0.256 e. The van der Waals surface area contributed by atoms with Crippen LogP contribution in [0.25, 0.3) is 0 Å². The molecule has 1 aromatic carbocycles. The van der Waals surface area contributed by atoms with Crippen LogP contribution in [0.5, 0.6) is 0 Å². The van der Waals surface area contributed by atoms with Crippen molar-refractivity contribution < 1.29 is 9.90 Å². The number of likely N-dealkylation sites (N-methyl/N-ethyl adjacent to an activating group) is 1. The molecule has 1 amide bonds. The zero-order chi connectivity index (χ0) is 24.5. The molecule has 0 radical (unpaired) electrons. The zero-order valence-electron chi connectivity index (χ0n) is 22.1. The van der Waals surface area contributed by atoms with E-state index in [9.17, 15) is 9.90 Å². The van der Waals surface area contributed by atoms with Gasteiger partial charge in [-0.25, -0.2) is 0 Å². The van der Waals surface area contributed by atoms with Crippen molar-refractivity contribution in [1.82, 2.24) is 9.80 Å². The summed E-state index contributed by atoms with van der Waals surface area (Å²) in [4.78, 5) is 17.6. The molecule has 1 aromatic rings. The average Bonchev–Trinajstić information content (AvgIpc) is 3.36. The van der Waals surface area contributed by atoms with Gasteiger partial charge in [0.2, 0.25) is 0 Å². The second-order valence-corrected chi connectivity index (χ2v) is 13.0. The number of benzene rings is 1. The molecule has 1 heterocycles. The lowest BCUT2D eigenvalue weighted by Crippen LogP contribution is -2.53. The van der Waals surface area contributed by atoms with E-state index in [0.29, 0.717) is 11.0 Å². The van der Waals surface area contributed by atoms with Gasteiger partial charge >= 0.3 is 0 Å². The van der Waals surface area contributed by atoms with Gasteiger partial charge in [0.15, 0.2) is 6.10 Å². The van der Waals surface area contributed by atoms with Crippen LogP contribution in [-0.4, -0.2) is 53.5 Å². The van der Waals surface area contributed by atoms with Crippen LogP contribution in [0.1, 0.15) is 76.9 Å². The van der Waals surface area contributed by atoms with Crippen LogP contribution < -0.4 is 0 Å². The minimum Gasteiger partial charge on any atom is -0.378 e. The fraction of sp³-hybridized carbons (Fsp3) is 0.710. The Balaban J connectivity index is 1.19. The van der Waals surface area contributed by atoms with E-state index in [2.05, 4.69) is 31.9 Å². The van der Waals surface area contributed by atoms with Crippen molar-refractivity contribution in [2.45, 2.75) is 83.4 Å². The molecule has 9 unspecified atom stereocenters. The Labute approximate surface area is 211 Å². The molecule has 9 atom stereocenters. The lowest BCUT2D eigenvalue weighted by atomic mass is 9.47. The summed E-state index contributed by atoms with van der Waals surface area (Å²) in [7, 11) is 4.25. The van der Waals surface area contributed by atoms with E-state index in [1.165, 1.54) is 45.1 Å². The summed E-state index contributed by atoms with van der Waals surface area (Å²) in [5.41, 5.74) is 3.15. The fourth-order valence-electron chi connectivity index (χ4n) is 9.92. The van der Waals surface area contributed by atoms with E-state index in [4.69, 9.17) is 0 Å². The van der Waals surface area contributed by atoms with Gasteiger partial charge in [-0.2, -0.15) is 0 Å². The van der Waals surface area contributed by atoms with E-state index in [1.807, 2.05) is 42.3 Å². The molecule has 4 nitrogen and oxygen atoms in total. The number of aliphatic hydroxyl groups is 1. The van der Waals surface area contributed by atoms with Gasteiger partial charge < -0.3 is 14.9 Å². The number of hydrogen-bond acceptors (Lipinski definition) is 3. The second kappa shape index (κ2) is 8.45. The molecule has 1 spiro atoms. The van der Waals surface area contributed by atoms with E-state index in [0.717, 1.165) is 42.6 Å². The van der Waals surface area contributed by atoms with Crippen molar-refractivity contribution in [3.05, 3.63) is 47.5 Å². The Morgan fingerprint density at radius 2 is 1.83 bits per heavy atom. The van der Waals surface area contributed by atoms with Gasteiger partial charge in [0.05, 0.1) is 0 Å². The highest BCUT2D eigenvalue weighted by atomic mass is 16.3. The van der Waals surface area contributed by atoms with Crippen molar-refractivity contribution >= 4 is 5.91 Å². The monoisotopic (exact) mass is 476 g/mol. The van der Waals surface area contributed by atoms with Gasteiger partial charge in [0.25, 0.3) is 5.91 Å². The summed E-state index contributed by atoms with van der Waals surface area (Å²) in [6.45, 7) is 6.35. The summed E-state index contributed by atoms with van der Waals surface area (Å²) < 4.78 is 0. The van der Waals surface area contributed by atoms with Crippen molar-refractivity contribution in [3.63, 3.8) is 0 Å². The Morgan fingerprint density at radius 3 is 2.60 bits per heavy atom. The maximum absolute atomic E-state index is 13.1. The first-order valence-corrected chi connectivity index (χ1v) is 14.2. The summed E-state index contributed by atoms with van der Waals surface area (Å²) in [6.07, 6.45) is 11.6. The third-order valence-corrected chi connectivity index (χ3v) is 11.9. The van der Waals surface area contributed by atoms with Crippen LogP contribution >= 0.6 is 0 Å². The summed E-state index contributed by atoms with van der Waals surface area (Å²) in [6, 6.07) is 10.3. The molecular weight excluding hydrogens is 432 g/mol. The predicted octanol–water partition coefficient (Wildman–Crippen LogP) is 5.44. The Kier molecular flexibility index (Phi) is 5.73. The molecule has 4 fully saturated rings. The highest BCUT2D eigenvalue weighted by Gasteiger charge is 2.64. The van der Waals surface area contributed by atoms with E-state index >= 15 is 0 Å². The summed E-state index contributed by atoms with van der Waals surface area (Å²) >= 11 is 0. The number of carbonyl (C=O) groups excluding carboxylic acids is 1. The highest BCUT2D eigenvalue weighted by molar-refractivity contribution is 5.82. The van der Waals surface area contributed by atoms with Crippen LogP contribution in [0.4, 0.5) is 0 Å². The zero-order valence-corrected chi connectivity index (χ0v) is 22.1. The first-order chi connectivity index (χ1) is 16.8. The van der Waals surface area contributed by atoms with Crippen molar-refractivity contribution in [2.75, 3.05) is 20.6 Å². The number of likely N-dealkylation sites (tertiary alicyclic amines) is 1. The van der Waals surface area contributed by atoms with Gasteiger partial charge in [-0.05, 0) is 105 Å². The van der Waals surface area contributed by atoms with Crippen molar-refractivity contribution in [1.29, 1.82) is 0 Å². The lowest BCUT2D eigenvalue weighted by molar-refractivity contribution is -0.142. The number of carbonyl (C=O) groups is 1. The molecule has 0 aromatic heterocycles. The minimum atomic E-state index is -1.07. The largest absolute Gasteiger partial charge is 0.378 e. The quantitative estimate of drug-likeness (QED) is 0.591. The Hall–Kier alpha value is -1.65. The van der Waals surface area contributed by atoms with Gasteiger partial charge in [-0.3, -0.25) is 4.79 Å². The SMILES string of the molecule is CC1C2CCC3C4CC=C5CC(N(C)C(=O)C(O)c6ccccc6)CCC5(C)C4CCC32CN1C.